The van der Waals surface area contributed by atoms with Crippen LogP contribution in [0.5, 0.6) is 0 Å². The number of urea groups is 1. The van der Waals surface area contributed by atoms with Crippen molar-refractivity contribution < 1.29 is 15.5 Å². The van der Waals surface area contributed by atoms with Crippen molar-refractivity contribution in [2.24, 2.45) is 0 Å². The molecular weight excluding hydrogens is 798 g/mol. The fourth-order valence-electron chi connectivity index (χ4n) is 4.16. The fourth-order valence-corrected chi connectivity index (χ4v) is 6.47. The van der Waals surface area contributed by atoms with E-state index in [4.69, 9.17) is 0 Å². The van der Waals surface area contributed by atoms with Gasteiger partial charge in [0.2, 0.25) is 0 Å². The van der Waals surface area contributed by atoms with Crippen LogP contribution in [0.1, 0.15) is 26.7 Å². The van der Waals surface area contributed by atoms with E-state index in [9.17, 15) is 4.79 Å². The Labute approximate surface area is 252 Å². The van der Waals surface area contributed by atoms with Crippen molar-refractivity contribution in [3.8, 4) is 0 Å². The largest absolute Gasteiger partial charge is 0.0622 e. The molecule has 4 nitrogen and oxygen atoms in total. The Hall–Kier alpha value is -0.978. The Morgan fingerprint density at radius 2 is 1.16 bits per heavy atom. The molecule has 1 fully saturated rings. The molecule has 8 heteroatoms. The molecule has 5 rings (SSSR count). The van der Waals surface area contributed by atoms with Crippen molar-refractivity contribution in [2.45, 2.75) is 32.7 Å². The maximum Gasteiger partial charge on any atom is -0.0134 e. The van der Waals surface area contributed by atoms with Crippen LogP contribution in [0.3, 0.4) is 0 Å². The summed E-state index contributed by atoms with van der Waals surface area (Å²) < 4.78 is 0. The van der Waals surface area contributed by atoms with Gasteiger partial charge >= 0.3 is 55.8 Å². The molecule has 0 aromatic heterocycles. The van der Waals surface area contributed by atoms with Crippen LogP contribution in [0, 0.1) is 0 Å². The van der Waals surface area contributed by atoms with Gasteiger partial charge in [-0.05, 0) is 50.5 Å². The maximum absolute atomic E-state index is 12.0. The molecule has 0 saturated carbocycles. The molecule has 3 aromatic carbocycles. The number of benzene rings is 3. The first-order valence-corrected chi connectivity index (χ1v) is 22.9. The summed E-state index contributed by atoms with van der Waals surface area (Å²) in [5.41, 5.74) is 0. The second-order valence-electron chi connectivity index (χ2n) is 8.88. The van der Waals surface area contributed by atoms with E-state index in [-0.39, 0.29) is 6.03 Å². The average molecular weight is 832 g/mol. The molecular formula is C29H34I2N3OPPd. The van der Waals surface area contributed by atoms with Gasteiger partial charge in [0.25, 0.3) is 0 Å². The average Bonchev–Trinajstić information content (AvgIpc) is 3.65. The smallest absolute Gasteiger partial charge is 0.0134 e. The van der Waals surface area contributed by atoms with Crippen molar-refractivity contribution in [3.63, 3.8) is 0 Å². The molecule has 3 aromatic rings. The Morgan fingerprint density at radius 1 is 0.757 bits per heavy atom. The molecule has 37 heavy (non-hydrogen) atoms. The Kier molecular flexibility index (Phi) is 13.9. The molecule has 0 atom stereocenters. The molecule has 0 unspecified atom stereocenters. The van der Waals surface area contributed by atoms with E-state index < -0.39 is 7.92 Å². The summed E-state index contributed by atoms with van der Waals surface area (Å²) in [6.07, 6.45) is 6.19. The number of likely N-dealkylation sites (tertiary alicyclic amines) is 1. The zero-order valence-corrected chi connectivity index (χ0v) is 28.0. The van der Waals surface area contributed by atoms with Crippen LogP contribution in [-0.4, -0.2) is 46.5 Å². The van der Waals surface area contributed by atoms with Crippen LogP contribution in [0.25, 0.3) is 0 Å². The molecule has 2 aliphatic heterocycles. The molecule has 2 aliphatic rings. The van der Waals surface area contributed by atoms with E-state index in [0.717, 1.165) is 36.7 Å². The summed E-state index contributed by atoms with van der Waals surface area (Å²) in [6, 6.07) is 32.9. The third kappa shape index (κ3) is 9.62. The minimum atomic E-state index is -0.446. The number of rotatable bonds is 4. The molecule has 0 spiro atoms. The summed E-state index contributed by atoms with van der Waals surface area (Å²) in [5, 5.41) is 4.19. The molecule has 1 saturated heterocycles. The Morgan fingerprint density at radius 3 is 1.51 bits per heavy atom. The predicted octanol–water partition coefficient (Wildman–Crippen LogP) is 6.87. The molecule has 0 bridgehead atoms. The minimum absolute atomic E-state index is 0.159. The SMILES string of the molecule is CC(C)N1C=CN(C(=O)N2CCCC2)C1.[I][Pd][I].c1ccc(P(c2ccccc2)c2ccccc2)cc1. The van der Waals surface area contributed by atoms with Gasteiger partial charge in [0.05, 0.1) is 6.67 Å². The monoisotopic (exact) mass is 831 g/mol. The van der Waals surface area contributed by atoms with E-state index >= 15 is 0 Å². The molecule has 0 aliphatic carbocycles. The summed E-state index contributed by atoms with van der Waals surface area (Å²) in [5.74, 6) is 0. The van der Waals surface area contributed by atoms with Gasteiger partial charge < -0.3 is 9.80 Å². The van der Waals surface area contributed by atoms with Gasteiger partial charge in [-0.1, -0.05) is 91.0 Å². The van der Waals surface area contributed by atoms with E-state index in [0.29, 0.717) is 12.7 Å². The number of carbonyl (C=O) groups excluding carboxylic acids is 1. The van der Waals surface area contributed by atoms with Gasteiger partial charge in [-0.3, -0.25) is 4.90 Å². The normalized spacial score (nSPS) is 14.5. The van der Waals surface area contributed by atoms with Crippen LogP contribution in [-0.2, 0) is 10.8 Å². The van der Waals surface area contributed by atoms with Crippen LogP contribution in [0.2, 0.25) is 0 Å². The van der Waals surface area contributed by atoms with Crippen LogP contribution >= 0.6 is 47.0 Å². The molecule has 2 amide bonds. The van der Waals surface area contributed by atoms with Gasteiger partial charge in [-0.15, -0.1) is 0 Å². The third-order valence-electron chi connectivity index (χ3n) is 6.08. The topological polar surface area (TPSA) is 26.8 Å². The third-order valence-corrected chi connectivity index (χ3v) is 8.53. The quantitative estimate of drug-likeness (QED) is 0.163. The number of hydrogen-bond donors (Lipinski definition) is 0. The van der Waals surface area contributed by atoms with E-state index in [1.54, 1.807) is 4.90 Å². The zero-order valence-electron chi connectivity index (χ0n) is 21.2. The van der Waals surface area contributed by atoms with Crippen LogP contribution in [0.4, 0.5) is 4.79 Å². The standard InChI is InChI=1S/C18H15P.C11H19N3O.2HI.Pd/c1-4-10-16(11-5-1)19(17-12-6-2-7-13-17)18-14-8-3-9-15-18;1-10(2)13-7-8-14(9-13)11(15)12-5-3-4-6-12;;;/h1-15H;7-8,10H,3-6,9H2,1-2H3;2*1H;/q;;;;+2/p-2. The maximum atomic E-state index is 12.0. The van der Waals surface area contributed by atoms with Crippen LogP contribution in [0.15, 0.2) is 103 Å². The van der Waals surface area contributed by atoms with E-state index in [2.05, 4.69) is 149 Å². The number of nitrogens with zero attached hydrogens (tertiary/aromatic N) is 3. The van der Waals surface area contributed by atoms with Gasteiger partial charge in [0.1, 0.15) is 0 Å². The Balaban J connectivity index is 0.000000190. The fraction of sp³-hybridized carbons (Fsp3) is 0.276. The predicted molar refractivity (Wildman–Crippen MR) is 172 cm³/mol. The van der Waals surface area contributed by atoms with Crippen molar-refractivity contribution in [3.05, 3.63) is 103 Å². The van der Waals surface area contributed by atoms with E-state index in [1.807, 2.05) is 17.3 Å². The molecule has 200 valence electrons. The first-order chi connectivity index (χ1) is 18.0. The summed E-state index contributed by atoms with van der Waals surface area (Å²) >= 11 is 4.65. The number of carbonyl (C=O) groups is 1. The van der Waals surface area contributed by atoms with Crippen molar-refractivity contribution in [1.29, 1.82) is 0 Å². The zero-order chi connectivity index (χ0) is 26.5. The van der Waals surface area contributed by atoms with Crippen molar-refractivity contribution >= 4 is 68.9 Å². The number of hydrogen-bond acceptors (Lipinski definition) is 2. The van der Waals surface area contributed by atoms with Gasteiger partial charge in [-0.25, -0.2) is 4.79 Å². The minimum Gasteiger partial charge on any atom is -0.0622 e. The van der Waals surface area contributed by atoms with Crippen molar-refractivity contribution in [1.82, 2.24) is 14.7 Å². The summed E-state index contributed by atoms with van der Waals surface area (Å²) in [4.78, 5) is 17.9. The van der Waals surface area contributed by atoms with Gasteiger partial charge in [-0.2, -0.15) is 0 Å². The molecule has 0 N–H and O–H groups in total. The second kappa shape index (κ2) is 16.9. The molecule has 2 heterocycles. The van der Waals surface area contributed by atoms with Gasteiger partial charge in [0.15, 0.2) is 0 Å². The summed E-state index contributed by atoms with van der Waals surface area (Å²) in [6.45, 7) is 6.81. The number of halogens is 2. The van der Waals surface area contributed by atoms with Crippen LogP contribution < -0.4 is 15.9 Å². The first-order valence-electron chi connectivity index (χ1n) is 12.3. The summed E-state index contributed by atoms with van der Waals surface area (Å²) in [7, 11) is 0.444. The Bertz CT molecular complexity index is 990. The first kappa shape index (κ1) is 30.6. The number of amides is 2. The molecule has 0 radical (unpaired) electrons. The van der Waals surface area contributed by atoms with E-state index in [1.165, 1.54) is 15.9 Å². The van der Waals surface area contributed by atoms with Crippen molar-refractivity contribution in [2.75, 3.05) is 19.8 Å². The second-order valence-corrected chi connectivity index (χ2v) is 23.1. The van der Waals surface area contributed by atoms with Gasteiger partial charge in [0, 0.05) is 31.5 Å².